The minimum atomic E-state index is -0.545. The summed E-state index contributed by atoms with van der Waals surface area (Å²) in [6.45, 7) is -0.118. The van der Waals surface area contributed by atoms with E-state index in [-0.39, 0.29) is 12.0 Å². The lowest BCUT2D eigenvalue weighted by molar-refractivity contribution is -0.00249. The van der Waals surface area contributed by atoms with Crippen molar-refractivity contribution in [3.8, 4) is 0 Å². The standard InChI is InChI=1S/C11H14O3S/c12-7-10-9(13)6-11(14-10)15-8-4-2-1-3-5-8/h1-5,9-13H,6-7H2/t9-,10+,11+/m0/s1. The van der Waals surface area contributed by atoms with Crippen LogP contribution in [0.4, 0.5) is 0 Å². The molecule has 1 aromatic rings. The predicted octanol–water partition coefficient (Wildman–Crippen LogP) is 1.25. The van der Waals surface area contributed by atoms with E-state index in [4.69, 9.17) is 9.84 Å². The lowest BCUT2D eigenvalue weighted by Gasteiger charge is -2.11. The third kappa shape index (κ3) is 2.72. The van der Waals surface area contributed by atoms with Gasteiger partial charge in [0.05, 0.1) is 12.7 Å². The van der Waals surface area contributed by atoms with Gasteiger partial charge in [-0.25, -0.2) is 0 Å². The molecule has 1 fully saturated rings. The van der Waals surface area contributed by atoms with Crippen LogP contribution < -0.4 is 0 Å². The highest BCUT2D eigenvalue weighted by Crippen LogP contribution is 2.33. The van der Waals surface area contributed by atoms with E-state index in [9.17, 15) is 5.11 Å². The maximum Gasteiger partial charge on any atom is 0.110 e. The van der Waals surface area contributed by atoms with Crippen molar-refractivity contribution in [1.82, 2.24) is 0 Å². The highest BCUT2D eigenvalue weighted by molar-refractivity contribution is 7.99. The van der Waals surface area contributed by atoms with E-state index >= 15 is 0 Å². The number of thioether (sulfide) groups is 1. The molecule has 1 aliphatic heterocycles. The molecular formula is C11H14O3S. The van der Waals surface area contributed by atoms with E-state index in [0.717, 1.165) is 4.90 Å². The molecule has 1 aliphatic rings. The van der Waals surface area contributed by atoms with Crippen LogP contribution in [0, 0.1) is 0 Å². The summed E-state index contributed by atoms with van der Waals surface area (Å²) in [5.41, 5.74) is -0.0560. The van der Waals surface area contributed by atoms with Gasteiger partial charge < -0.3 is 14.9 Å². The number of hydrogen-bond acceptors (Lipinski definition) is 4. The van der Waals surface area contributed by atoms with Gasteiger partial charge in [-0.3, -0.25) is 0 Å². The second-order valence-electron chi connectivity index (χ2n) is 3.52. The van der Waals surface area contributed by atoms with Crippen LogP contribution in [-0.2, 0) is 4.74 Å². The highest BCUT2D eigenvalue weighted by Gasteiger charge is 2.33. The predicted molar refractivity (Wildman–Crippen MR) is 58.7 cm³/mol. The fourth-order valence-electron chi connectivity index (χ4n) is 1.58. The summed E-state index contributed by atoms with van der Waals surface area (Å²) in [5, 5.41) is 18.5. The van der Waals surface area contributed by atoms with Gasteiger partial charge >= 0.3 is 0 Å². The maximum absolute atomic E-state index is 9.54. The third-order valence-electron chi connectivity index (χ3n) is 2.38. The van der Waals surface area contributed by atoms with Gasteiger partial charge in [0.2, 0.25) is 0 Å². The van der Waals surface area contributed by atoms with Crippen LogP contribution >= 0.6 is 11.8 Å². The van der Waals surface area contributed by atoms with E-state index in [1.54, 1.807) is 11.8 Å². The van der Waals surface area contributed by atoms with E-state index in [0.29, 0.717) is 6.42 Å². The van der Waals surface area contributed by atoms with Crippen molar-refractivity contribution in [3.05, 3.63) is 30.3 Å². The number of rotatable bonds is 3. The van der Waals surface area contributed by atoms with Gasteiger partial charge in [0.25, 0.3) is 0 Å². The molecule has 15 heavy (non-hydrogen) atoms. The quantitative estimate of drug-likeness (QED) is 0.814. The van der Waals surface area contributed by atoms with Crippen molar-refractivity contribution in [1.29, 1.82) is 0 Å². The second kappa shape index (κ2) is 4.99. The lowest BCUT2D eigenvalue weighted by Crippen LogP contribution is -2.24. The lowest BCUT2D eigenvalue weighted by atomic mass is 10.2. The number of aliphatic hydroxyl groups excluding tert-OH is 2. The Morgan fingerprint density at radius 3 is 2.67 bits per heavy atom. The SMILES string of the molecule is OC[C@H]1O[C@H](Sc2ccccc2)C[C@@H]1O. The number of aliphatic hydroxyl groups is 2. The molecule has 1 aromatic carbocycles. The molecule has 1 saturated heterocycles. The second-order valence-corrected chi connectivity index (χ2v) is 4.75. The average Bonchev–Trinajstić information content (AvgIpc) is 2.60. The van der Waals surface area contributed by atoms with Gasteiger partial charge in [-0.15, -0.1) is 0 Å². The van der Waals surface area contributed by atoms with Gasteiger partial charge in [-0.2, -0.15) is 0 Å². The maximum atomic E-state index is 9.54. The molecule has 0 aromatic heterocycles. The smallest absolute Gasteiger partial charge is 0.110 e. The summed E-state index contributed by atoms with van der Waals surface area (Å²) in [7, 11) is 0. The van der Waals surface area contributed by atoms with Gasteiger partial charge in [-0.1, -0.05) is 30.0 Å². The Hall–Kier alpha value is -0.550. The van der Waals surface area contributed by atoms with Crippen LogP contribution in [0.3, 0.4) is 0 Å². The van der Waals surface area contributed by atoms with E-state index < -0.39 is 12.2 Å². The Morgan fingerprint density at radius 1 is 1.33 bits per heavy atom. The molecule has 3 atom stereocenters. The molecule has 2 rings (SSSR count). The van der Waals surface area contributed by atoms with Gasteiger partial charge in [-0.05, 0) is 12.1 Å². The minimum Gasteiger partial charge on any atom is -0.394 e. The fraction of sp³-hybridized carbons (Fsp3) is 0.455. The first-order chi connectivity index (χ1) is 7.29. The van der Waals surface area contributed by atoms with Crippen molar-refractivity contribution < 1.29 is 14.9 Å². The molecular weight excluding hydrogens is 212 g/mol. The largest absolute Gasteiger partial charge is 0.394 e. The first-order valence-electron chi connectivity index (χ1n) is 4.95. The zero-order valence-corrected chi connectivity index (χ0v) is 9.06. The molecule has 82 valence electrons. The normalized spacial score (nSPS) is 30.7. The van der Waals surface area contributed by atoms with Gasteiger partial charge in [0.1, 0.15) is 11.5 Å². The summed E-state index contributed by atoms with van der Waals surface area (Å²) in [4.78, 5) is 1.12. The van der Waals surface area contributed by atoms with E-state index in [2.05, 4.69) is 0 Å². The van der Waals surface area contributed by atoms with Crippen LogP contribution in [0.2, 0.25) is 0 Å². The molecule has 0 unspecified atom stereocenters. The Bertz CT molecular complexity index is 304. The monoisotopic (exact) mass is 226 g/mol. The minimum absolute atomic E-state index is 0.0560. The van der Waals surface area contributed by atoms with Gasteiger partial charge in [0.15, 0.2) is 0 Å². The van der Waals surface area contributed by atoms with Crippen LogP contribution in [0.1, 0.15) is 6.42 Å². The molecule has 0 radical (unpaired) electrons. The van der Waals surface area contributed by atoms with Crippen molar-refractivity contribution in [2.24, 2.45) is 0 Å². The Balaban J connectivity index is 1.92. The third-order valence-corrected chi connectivity index (χ3v) is 3.49. The Labute approximate surface area is 93.1 Å². The highest BCUT2D eigenvalue weighted by atomic mass is 32.2. The van der Waals surface area contributed by atoms with Crippen LogP contribution in [0.15, 0.2) is 35.2 Å². The molecule has 2 N–H and O–H groups in total. The first-order valence-corrected chi connectivity index (χ1v) is 5.83. The molecule has 0 spiro atoms. The van der Waals surface area contributed by atoms with Crippen LogP contribution in [-0.4, -0.2) is 34.5 Å². The van der Waals surface area contributed by atoms with Crippen molar-refractivity contribution in [2.75, 3.05) is 6.61 Å². The Kier molecular flexibility index (Phi) is 3.64. The number of benzene rings is 1. The molecule has 0 saturated carbocycles. The first kappa shape index (κ1) is 11.0. The van der Waals surface area contributed by atoms with Crippen LogP contribution in [0.5, 0.6) is 0 Å². The summed E-state index contributed by atoms with van der Waals surface area (Å²) in [6, 6.07) is 9.92. The van der Waals surface area contributed by atoms with Crippen molar-refractivity contribution in [2.45, 2.75) is 29.0 Å². The summed E-state index contributed by atoms with van der Waals surface area (Å²) in [5.74, 6) is 0. The van der Waals surface area contributed by atoms with Crippen molar-refractivity contribution >= 4 is 11.8 Å². The molecule has 0 bridgehead atoms. The summed E-state index contributed by atoms with van der Waals surface area (Å²) in [6.07, 6.45) is -0.396. The summed E-state index contributed by atoms with van der Waals surface area (Å²) >= 11 is 1.58. The average molecular weight is 226 g/mol. The van der Waals surface area contributed by atoms with Crippen LogP contribution in [0.25, 0.3) is 0 Å². The molecule has 4 heteroatoms. The van der Waals surface area contributed by atoms with Crippen molar-refractivity contribution in [3.63, 3.8) is 0 Å². The molecule has 0 aliphatic carbocycles. The topological polar surface area (TPSA) is 49.7 Å². The number of ether oxygens (including phenoxy) is 1. The fourth-order valence-corrected chi connectivity index (χ4v) is 2.69. The zero-order chi connectivity index (χ0) is 10.7. The molecule has 1 heterocycles. The van der Waals surface area contributed by atoms with Gasteiger partial charge in [0, 0.05) is 11.3 Å². The molecule has 3 nitrogen and oxygen atoms in total. The summed E-state index contributed by atoms with van der Waals surface area (Å²) < 4.78 is 5.49. The zero-order valence-electron chi connectivity index (χ0n) is 8.24. The van der Waals surface area contributed by atoms with E-state index in [1.807, 2.05) is 30.3 Å². The number of hydrogen-bond donors (Lipinski definition) is 2. The van der Waals surface area contributed by atoms with E-state index in [1.165, 1.54) is 0 Å². The Morgan fingerprint density at radius 2 is 2.07 bits per heavy atom. The molecule has 0 amide bonds.